The average Bonchev–Trinajstić information content (AvgIpc) is 2.62. The van der Waals surface area contributed by atoms with Crippen molar-refractivity contribution >= 4 is 23.4 Å². The van der Waals surface area contributed by atoms with Gasteiger partial charge in [-0.3, -0.25) is 4.79 Å². The lowest BCUT2D eigenvalue weighted by Gasteiger charge is -2.34. The number of nitrogens with zero attached hydrogens (tertiary/aromatic N) is 2. The molecule has 1 saturated heterocycles. The minimum absolute atomic E-state index is 0.175. The highest BCUT2D eigenvalue weighted by atomic mass is 16.5. The second-order valence-electron chi connectivity index (χ2n) is 7.87. The van der Waals surface area contributed by atoms with E-state index in [1.54, 1.807) is 6.20 Å². The van der Waals surface area contributed by atoms with Gasteiger partial charge in [0, 0.05) is 18.7 Å². The standard InChI is InChI=1S/C18H29N5O3/c1-11-10-26-8-5-14(11)22-17-20-9-13(19)15(23-17)21-12-3-6-18(2,7-4-12)16(24)25/h9,11-12,14H,3-8,10,19H2,1-2H3,(H,24,25)(H2,20,21,22,23)/t11-,12-,14-,18-/m1/s1. The summed E-state index contributed by atoms with van der Waals surface area (Å²) >= 11 is 0. The molecule has 0 aromatic carbocycles. The number of nitrogens with one attached hydrogen (secondary N) is 2. The molecule has 0 amide bonds. The summed E-state index contributed by atoms with van der Waals surface area (Å²) in [6.45, 7) is 5.45. The van der Waals surface area contributed by atoms with Gasteiger partial charge in [-0.1, -0.05) is 6.92 Å². The molecule has 2 atom stereocenters. The van der Waals surface area contributed by atoms with Crippen LogP contribution < -0.4 is 16.4 Å². The summed E-state index contributed by atoms with van der Waals surface area (Å²) in [5.41, 5.74) is 5.92. The van der Waals surface area contributed by atoms with Crippen molar-refractivity contribution in [2.45, 2.75) is 58.0 Å². The van der Waals surface area contributed by atoms with E-state index < -0.39 is 11.4 Å². The number of ether oxygens (including phenoxy) is 1. The van der Waals surface area contributed by atoms with Crippen LogP contribution in [0.25, 0.3) is 0 Å². The summed E-state index contributed by atoms with van der Waals surface area (Å²) in [6.07, 6.45) is 5.41. The van der Waals surface area contributed by atoms with Crippen molar-refractivity contribution in [1.29, 1.82) is 0 Å². The number of aliphatic carboxylic acids is 1. The number of nitrogen functional groups attached to an aromatic ring is 1. The predicted molar refractivity (Wildman–Crippen MR) is 100 cm³/mol. The van der Waals surface area contributed by atoms with Crippen LogP contribution in [0.4, 0.5) is 17.5 Å². The lowest BCUT2D eigenvalue weighted by Crippen LogP contribution is -2.37. The van der Waals surface area contributed by atoms with Crippen LogP contribution in [0.5, 0.6) is 0 Å². The Balaban J connectivity index is 1.62. The van der Waals surface area contributed by atoms with Gasteiger partial charge in [-0.05, 0) is 44.9 Å². The van der Waals surface area contributed by atoms with Gasteiger partial charge >= 0.3 is 5.97 Å². The molecule has 1 aliphatic heterocycles. The number of carboxylic acid groups (broad SMARTS) is 1. The van der Waals surface area contributed by atoms with Crippen LogP contribution in [0.15, 0.2) is 6.20 Å². The van der Waals surface area contributed by atoms with Crippen molar-refractivity contribution in [3.05, 3.63) is 6.20 Å². The first-order chi connectivity index (χ1) is 12.4. The third kappa shape index (κ3) is 4.17. The SMILES string of the molecule is C[C@@H]1COCC[C@H]1Nc1ncc(N)c(N[C@H]2CC[C@](C)(C(=O)O)CC2)n1. The molecule has 8 heteroatoms. The van der Waals surface area contributed by atoms with Crippen LogP contribution in [-0.4, -0.2) is 46.3 Å². The van der Waals surface area contributed by atoms with Gasteiger partial charge < -0.3 is 26.2 Å². The minimum Gasteiger partial charge on any atom is -0.481 e. The number of hydrogen-bond donors (Lipinski definition) is 4. The van der Waals surface area contributed by atoms with E-state index in [2.05, 4.69) is 27.5 Å². The second kappa shape index (κ2) is 7.65. The molecule has 1 saturated carbocycles. The molecule has 3 rings (SSSR count). The van der Waals surface area contributed by atoms with Crippen molar-refractivity contribution in [3.8, 4) is 0 Å². The van der Waals surface area contributed by atoms with Gasteiger partial charge in [0.2, 0.25) is 5.95 Å². The number of aromatic nitrogens is 2. The average molecular weight is 363 g/mol. The highest BCUT2D eigenvalue weighted by Crippen LogP contribution is 2.37. The molecule has 2 fully saturated rings. The molecule has 5 N–H and O–H groups in total. The summed E-state index contributed by atoms with van der Waals surface area (Å²) in [7, 11) is 0. The Morgan fingerprint density at radius 2 is 2.08 bits per heavy atom. The maximum absolute atomic E-state index is 11.4. The molecule has 1 aromatic rings. The lowest BCUT2D eigenvalue weighted by molar-refractivity contribution is -0.149. The van der Waals surface area contributed by atoms with Crippen molar-refractivity contribution in [1.82, 2.24) is 9.97 Å². The van der Waals surface area contributed by atoms with E-state index in [4.69, 9.17) is 10.5 Å². The van der Waals surface area contributed by atoms with Gasteiger partial charge in [0.1, 0.15) is 0 Å². The third-order valence-corrected chi connectivity index (χ3v) is 5.72. The molecule has 1 aromatic heterocycles. The Bertz CT molecular complexity index is 646. The molecule has 0 unspecified atom stereocenters. The largest absolute Gasteiger partial charge is 0.481 e. The second-order valence-corrected chi connectivity index (χ2v) is 7.87. The van der Waals surface area contributed by atoms with Crippen LogP contribution in [0.2, 0.25) is 0 Å². The quantitative estimate of drug-likeness (QED) is 0.629. The van der Waals surface area contributed by atoms with Crippen LogP contribution in [0.1, 0.15) is 46.0 Å². The molecule has 2 aliphatic rings. The first-order valence-electron chi connectivity index (χ1n) is 9.34. The summed E-state index contributed by atoms with van der Waals surface area (Å²) < 4.78 is 5.47. The number of anilines is 3. The van der Waals surface area contributed by atoms with E-state index in [1.165, 1.54) is 0 Å². The van der Waals surface area contributed by atoms with E-state index >= 15 is 0 Å². The van der Waals surface area contributed by atoms with E-state index in [1.807, 2.05) is 6.92 Å². The molecule has 0 bridgehead atoms. The van der Waals surface area contributed by atoms with Crippen LogP contribution in [0, 0.1) is 11.3 Å². The first kappa shape index (κ1) is 18.7. The topological polar surface area (TPSA) is 122 Å². The fraction of sp³-hybridized carbons (Fsp3) is 0.722. The van der Waals surface area contributed by atoms with Gasteiger partial charge in [0.05, 0.1) is 23.9 Å². The molecule has 0 spiro atoms. The molecule has 1 aliphatic carbocycles. The van der Waals surface area contributed by atoms with Crippen LogP contribution >= 0.6 is 0 Å². The van der Waals surface area contributed by atoms with Crippen LogP contribution in [0.3, 0.4) is 0 Å². The third-order valence-electron chi connectivity index (χ3n) is 5.72. The number of carbonyl (C=O) groups is 1. The normalized spacial score (nSPS) is 32.0. The van der Waals surface area contributed by atoms with E-state index in [-0.39, 0.29) is 12.1 Å². The molecule has 26 heavy (non-hydrogen) atoms. The predicted octanol–water partition coefficient (Wildman–Crippen LogP) is 2.34. The van der Waals surface area contributed by atoms with Crippen molar-refractivity contribution < 1.29 is 14.6 Å². The van der Waals surface area contributed by atoms with Gasteiger partial charge in [-0.2, -0.15) is 4.98 Å². The summed E-state index contributed by atoms with van der Waals surface area (Å²) in [6, 6.07) is 0.459. The lowest BCUT2D eigenvalue weighted by atomic mass is 9.74. The van der Waals surface area contributed by atoms with E-state index in [0.717, 1.165) is 32.5 Å². The Labute approximate surface area is 153 Å². The zero-order chi connectivity index (χ0) is 18.7. The Morgan fingerprint density at radius 3 is 2.73 bits per heavy atom. The Morgan fingerprint density at radius 1 is 1.35 bits per heavy atom. The van der Waals surface area contributed by atoms with Crippen molar-refractivity contribution in [2.75, 3.05) is 29.6 Å². The molecule has 8 nitrogen and oxygen atoms in total. The molecular formula is C18H29N5O3. The van der Waals surface area contributed by atoms with Crippen molar-refractivity contribution in [3.63, 3.8) is 0 Å². The summed E-state index contributed by atoms with van der Waals surface area (Å²) in [5, 5.41) is 16.1. The monoisotopic (exact) mass is 363 g/mol. The zero-order valence-corrected chi connectivity index (χ0v) is 15.5. The van der Waals surface area contributed by atoms with Crippen LogP contribution in [-0.2, 0) is 9.53 Å². The summed E-state index contributed by atoms with van der Waals surface area (Å²) in [5.74, 6) is 0.862. The molecule has 0 radical (unpaired) electrons. The fourth-order valence-electron chi connectivity index (χ4n) is 3.64. The first-order valence-corrected chi connectivity index (χ1v) is 9.34. The van der Waals surface area contributed by atoms with Gasteiger partial charge in [-0.15, -0.1) is 0 Å². The zero-order valence-electron chi connectivity index (χ0n) is 15.5. The number of nitrogens with two attached hydrogens (primary N) is 1. The minimum atomic E-state index is -0.713. The van der Waals surface area contributed by atoms with E-state index in [9.17, 15) is 9.90 Å². The fourth-order valence-corrected chi connectivity index (χ4v) is 3.64. The molecule has 2 heterocycles. The maximum atomic E-state index is 11.4. The Kier molecular flexibility index (Phi) is 5.50. The Hall–Kier alpha value is -2.09. The van der Waals surface area contributed by atoms with Gasteiger partial charge in [-0.25, -0.2) is 4.98 Å². The summed E-state index contributed by atoms with van der Waals surface area (Å²) in [4.78, 5) is 20.2. The highest BCUT2D eigenvalue weighted by Gasteiger charge is 2.37. The van der Waals surface area contributed by atoms with Gasteiger partial charge in [0.25, 0.3) is 0 Å². The molecule has 144 valence electrons. The number of hydrogen-bond acceptors (Lipinski definition) is 7. The highest BCUT2D eigenvalue weighted by molar-refractivity contribution is 5.74. The smallest absolute Gasteiger partial charge is 0.309 e. The van der Waals surface area contributed by atoms with Gasteiger partial charge in [0.15, 0.2) is 5.82 Å². The molecular weight excluding hydrogens is 334 g/mol. The van der Waals surface area contributed by atoms with Crippen molar-refractivity contribution in [2.24, 2.45) is 11.3 Å². The number of carboxylic acids is 1. The maximum Gasteiger partial charge on any atom is 0.309 e. The number of rotatable bonds is 5. The van der Waals surface area contributed by atoms with E-state index in [0.29, 0.717) is 36.2 Å².